The summed E-state index contributed by atoms with van der Waals surface area (Å²) in [6.07, 6.45) is 1.56. The van der Waals surface area contributed by atoms with E-state index in [9.17, 15) is 13.6 Å². The number of carbonyl (C=O) groups is 1. The molecule has 168 valence electrons. The Bertz CT molecular complexity index is 1300. The minimum absolute atomic E-state index is 0.0469. The van der Waals surface area contributed by atoms with E-state index < -0.39 is 11.6 Å². The van der Waals surface area contributed by atoms with Crippen molar-refractivity contribution in [1.82, 2.24) is 4.98 Å². The monoisotopic (exact) mass is 449 g/mol. The molecule has 1 amide bonds. The summed E-state index contributed by atoms with van der Waals surface area (Å²) in [6, 6.07) is 12.6. The van der Waals surface area contributed by atoms with Crippen molar-refractivity contribution in [3.8, 4) is 11.1 Å². The molecule has 0 saturated carbocycles. The lowest BCUT2D eigenvalue weighted by Gasteiger charge is -2.44. The largest absolute Gasteiger partial charge is 0.383 e. The summed E-state index contributed by atoms with van der Waals surface area (Å²) < 4.78 is 27.8. The lowest BCUT2D eigenvalue weighted by molar-refractivity contribution is -0.132. The van der Waals surface area contributed by atoms with Gasteiger partial charge in [0, 0.05) is 24.0 Å². The van der Waals surface area contributed by atoms with Crippen molar-refractivity contribution in [2.45, 2.75) is 13.8 Å². The van der Waals surface area contributed by atoms with Crippen molar-refractivity contribution in [3.05, 3.63) is 71.9 Å². The number of hydrogen-bond acceptors (Lipinski definition) is 5. The Kier molecular flexibility index (Phi) is 5.59. The molecule has 33 heavy (non-hydrogen) atoms. The molecule has 4 rings (SSSR count). The highest BCUT2D eigenvalue weighted by Gasteiger charge is 2.44. The summed E-state index contributed by atoms with van der Waals surface area (Å²) in [4.78, 5) is 22.4. The summed E-state index contributed by atoms with van der Waals surface area (Å²) in [5.74, 6) is 2.98. The Morgan fingerprint density at radius 1 is 1.12 bits per heavy atom. The van der Waals surface area contributed by atoms with Gasteiger partial charge in [0.15, 0.2) is 17.5 Å². The predicted octanol–water partition coefficient (Wildman–Crippen LogP) is 4.39. The zero-order valence-electron chi connectivity index (χ0n) is 18.0. The van der Waals surface area contributed by atoms with E-state index in [1.807, 2.05) is 38.1 Å². The first-order chi connectivity index (χ1) is 15.7. The number of amides is 1. The molecule has 3 aromatic rings. The van der Waals surface area contributed by atoms with Crippen LogP contribution < -0.4 is 16.5 Å². The van der Waals surface area contributed by atoms with Crippen LogP contribution in [0.2, 0.25) is 0 Å². The smallest absolute Gasteiger partial charge is 0.234 e. The van der Waals surface area contributed by atoms with Gasteiger partial charge < -0.3 is 16.5 Å². The summed E-state index contributed by atoms with van der Waals surface area (Å²) in [7, 11) is 0. The molecule has 0 unspecified atom stereocenters. The number of halogens is 2. The maximum atomic E-state index is 14.1. The van der Waals surface area contributed by atoms with Crippen LogP contribution in [-0.4, -0.2) is 23.3 Å². The maximum absolute atomic E-state index is 14.1. The number of aliphatic imine (C=N–C) groups is 1. The number of nitrogens with zero attached hydrogens (tertiary/aromatic N) is 5. The van der Waals surface area contributed by atoms with Gasteiger partial charge in [0.25, 0.3) is 0 Å². The number of nitrogens with two attached hydrogens (primary N) is 2. The third-order valence-electron chi connectivity index (χ3n) is 5.34. The summed E-state index contributed by atoms with van der Waals surface area (Å²) >= 11 is 0. The molecule has 0 atom stereocenters. The standard InChI is InChI=1S/C23H21F2N7O/c1-23(2)12-32(22(23)33)15-6-3-5-13(9-15)14-10-16(20(26)28-11-14)21(30-31-27)29-18-8-4-7-17(24)19(18)25/h3-11H,12H2,1-2H3,(H2,26,28)(H2,27,29,30). The van der Waals surface area contributed by atoms with Gasteiger partial charge >= 0.3 is 0 Å². The molecular weight excluding hydrogens is 428 g/mol. The number of nitrogen functional groups attached to an aromatic ring is 1. The molecule has 2 heterocycles. The fourth-order valence-corrected chi connectivity index (χ4v) is 3.57. The number of hydrogen-bond donors (Lipinski definition) is 2. The molecule has 0 bridgehead atoms. The predicted molar refractivity (Wildman–Crippen MR) is 122 cm³/mol. The second kappa shape index (κ2) is 8.38. The Morgan fingerprint density at radius 3 is 2.58 bits per heavy atom. The van der Waals surface area contributed by atoms with Gasteiger partial charge in [-0.1, -0.05) is 23.4 Å². The molecule has 2 aromatic carbocycles. The summed E-state index contributed by atoms with van der Waals surface area (Å²) in [6.45, 7) is 4.42. The molecule has 1 aromatic heterocycles. The third kappa shape index (κ3) is 4.14. The molecule has 1 aliphatic heterocycles. The lowest BCUT2D eigenvalue weighted by atomic mass is 9.82. The van der Waals surface area contributed by atoms with Crippen molar-refractivity contribution >= 4 is 28.9 Å². The molecule has 1 saturated heterocycles. The van der Waals surface area contributed by atoms with Crippen molar-refractivity contribution in [2.75, 3.05) is 17.2 Å². The number of β-lactam (4-membered cyclic amide) rings is 1. The van der Waals surface area contributed by atoms with Crippen molar-refractivity contribution in [2.24, 2.45) is 26.6 Å². The van der Waals surface area contributed by atoms with Crippen LogP contribution in [0.3, 0.4) is 0 Å². The van der Waals surface area contributed by atoms with Gasteiger partial charge in [-0.05, 0) is 49.7 Å². The van der Waals surface area contributed by atoms with E-state index in [4.69, 9.17) is 11.6 Å². The van der Waals surface area contributed by atoms with E-state index in [1.165, 1.54) is 12.1 Å². The van der Waals surface area contributed by atoms with E-state index in [0.29, 0.717) is 12.1 Å². The number of benzene rings is 2. The summed E-state index contributed by atoms with van der Waals surface area (Å²) in [5, 5.41) is 6.97. The fourth-order valence-electron chi connectivity index (χ4n) is 3.57. The van der Waals surface area contributed by atoms with Gasteiger partial charge in [0.05, 0.1) is 11.0 Å². The fraction of sp³-hybridized carbons (Fsp3) is 0.174. The first kappa shape index (κ1) is 22.0. The highest BCUT2D eigenvalue weighted by molar-refractivity contribution is 6.05. The normalized spacial score (nSPS) is 15.7. The van der Waals surface area contributed by atoms with E-state index in [0.717, 1.165) is 17.3 Å². The Labute approximate surface area is 188 Å². The number of aromatic nitrogens is 1. The molecular formula is C23H21F2N7O. The number of anilines is 2. The van der Waals surface area contributed by atoms with Gasteiger partial charge in [-0.2, -0.15) is 0 Å². The van der Waals surface area contributed by atoms with E-state index in [2.05, 4.69) is 20.3 Å². The quantitative estimate of drug-likeness (QED) is 0.153. The average molecular weight is 449 g/mol. The Morgan fingerprint density at radius 2 is 1.88 bits per heavy atom. The minimum atomic E-state index is -1.14. The van der Waals surface area contributed by atoms with Crippen LogP contribution in [0.1, 0.15) is 19.4 Å². The highest BCUT2D eigenvalue weighted by Crippen LogP contribution is 2.36. The van der Waals surface area contributed by atoms with Crippen LogP contribution in [0.5, 0.6) is 0 Å². The lowest BCUT2D eigenvalue weighted by Crippen LogP contribution is -2.58. The topological polar surface area (TPSA) is 122 Å². The van der Waals surface area contributed by atoms with E-state index in [1.54, 1.807) is 17.2 Å². The number of pyridine rings is 1. The average Bonchev–Trinajstić information content (AvgIpc) is 2.80. The Balaban J connectivity index is 1.75. The van der Waals surface area contributed by atoms with Crippen LogP contribution >= 0.6 is 0 Å². The third-order valence-corrected chi connectivity index (χ3v) is 5.34. The molecule has 8 nitrogen and oxygen atoms in total. The molecule has 10 heteroatoms. The van der Waals surface area contributed by atoms with Gasteiger partial charge in [-0.25, -0.2) is 18.8 Å². The first-order valence-corrected chi connectivity index (χ1v) is 10.0. The molecule has 0 spiro atoms. The first-order valence-electron chi connectivity index (χ1n) is 10.0. The van der Waals surface area contributed by atoms with Gasteiger partial charge in [-0.3, -0.25) is 4.79 Å². The van der Waals surface area contributed by atoms with Crippen molar-refractivity contribution < 1.29 is 13.6 Å². The van der Waals surface area contributed by atoms with Crippen LogP contribution in [-0.2, 0) is 4.79 Å². The van der Waals surface area contributed by atoms with Gasteiger partial charge in [0.1, 0.15) is 11.5 Å². The van der Waals surface area contributed by atoms with Crippen LogP contribution in [0.25, 0.3) is 11.1 Å². The number of amidine groups is 1. The van der Waals surface area contributed by atoms with Crippen LogP contribution in [0, 0.1) is 17.0 Å². The number of rotatable bonds is 4. The highest BCUT2D eigenvalue weighted by atomic mass is 19.2. The second-order valence-electron chi connectivity index (χ2n) is 8.21. The molecule has 1 aliphatic rings. The van der Waals surface area contributed by atoms with Gasteiger partial charge in [-0.15, -0.1) is 5.11 Å². The Hall–Kier alpha value is -4.21. The van der Waals surface area contributed by atoms with Crippen molar-refractivity contribution in [3.63, 3.8) is 0 Å². The molecule has 0 aliphatic carbocycles. The zero-order chi connectivity index (χ0) is 23.8. The minimum Gasteiger partial charge on any atom is -0.383 e. The van der Waals surface area contributed by atoms with Crippen molar-refractivity contribution in [1.29, 1.82) is 0 Å². The van der Waals surface area contributed by atoms with E-state index in [-0.39, 0.29) is 34.2 Å². The van der Waals surface area contributed by atoms with Gasteiger partial charge in [0.2, 0.25) is 5.91 Å². The maximum Gasteiger partial charge on any atom is 0.234 e. The molecule has 1 fully saturated rings. The zero-order valence-corrected chi connectivity index (χ0v) is 18.0. The second-order valence-corrected chi connectivity index (χ2v) is 8.21. The van der Waals surface area contributed by atoms with Crippen LogP contribution in [0.4, 0.5) is 26.0 Å². The van der Waals surface area contributed by atoms with E-state index >= 15 is 0 Å². The summed E-state index contributed by atoms with van der Waals surface area (Å²) in [5.41, 5.74) is 7.76. The molecule has 0 radical (unpaired) electrons. The SMILES string of the molecule is CC1(C)CN(c2cccc(-c3cnc(N)c(C(N=NN)=Nc4cccc(F)c4F)c3)c2)C1=O. The van der Waals surface area contributed by atoms with Crippen LogP contribution in [0.15, 0.2) is 70.1 Å². The number of carbonyl (C=O) groups excluding carboxylic acids is 1. The molecule has 4 N–H and O–H groups in total.